The van der Waals surface area contributed by atoms with Crippen molar-refractivity contribution in [2.24, 2.45) is 11.1 Å². The minimum Gasteiger partial charge on any atom is -0.497 e. The standard InChI is InChI=1S/C14H24N2O/c1-14(2,11-15)8-9-16(3)12-6-5-7-13(10-12)17-4/h5-7,10H,8-9,11,15H2,1-4H3. The second-order valence-electron chi connectivity index (χ2n) is 5.24. The average Bonchev–Trinajstić information content (AvgIpc) is 2.36. The number of ether oxygens (including phenoxy) is 1. The highest BCUT2D eigenvalue weighted by atomic mass is 16.5. The minimum absolute atomic E-state index is 0.202. The van der Waals surface area contributed by atoms with Crippen LogP contribution in [0.4, 0.5) is 5.69 Å². The van der Waals surface area contributed by atoms with Crippen molar-refractivity contribution in [2.45, 2.75) is 20.3 Å². The lowest BCUT2D eigenvalue weighted by Crippen LogP contribution is -2.29. The summed E-state index contributed by atoms with van der Waals surface area (Å²) in [5, 5.41) is 0. The van der Waals surface area contributed by atoms with Crippen LogP contribution in [0.15, 0.2) is 24.3 Å². The summed E-state index contributed by atoms with van der Waals surface area (Å²) in [4.78, 5) is 2.24. The summed E-state index contributed by atoms with van der Waals surface area (Å²) in [5.74, 6) is 0.896. The number of rotatable bonds is 6. The predicted molar refractivity (Wildman–Crippen MR) is 73.7 cm³/mol. The molecule has 0 atom stereocenters. The first-order valence-corrected chi connectivity index (χ1v) is 6.04. The molecule has 0 aliphatic rings. The normalized spacial score (nSPS) is 11.4. The third-order valence-electron chi connectivity index (χ3n) is 3.17. The fourth-order valence-electron chi connectivity index (χ4n) is 1.55. The van der Waals surface area contributed by atoms with Gasteiger partial charge in [-0.25, -0.2) is 0 Å². The van der Waals surface area contributed by atoms with E-state index in [4.69, 9.17) is 10.5 Å². The maximum Gasteiger partial charge on any atom is 0.120 e. The van der Waals surface area contributed by atoms with E-state index in [0.29, 0.717) is 0 Å². The van der Waals surface area contributed by atoms with Crippen molar-refractivity contribution >= 4 is 5.69 Å². The van der Waals surface area contributed by atoms with E-state index in [9.17, 15) is 0 Å². The van der Waals surface area contributed by atoms with Crippen LogP contribution in [0.1, 0.15) is 20.3 Å². The van der Waals surface area contributed by atoms with Crippen molar-refractivity contribution in [1.29, 1.82) is 0 Å². The van der Waals surface area contributed by atoms with Gasteiger partial charge in [0, 0.05) is 25.3 Å². The van der Waals surface area contributed by atoms with Gasteiger partial charge in [0.15, 0.2) is 0 Å². The topological polar surface area (TPSA) is 38.5 Å². The first-order chi connectivity index (χ1) is 7.98. The number of anilines is 1. The highest BCUT2D eigenvalue weighted by molar-refractivity contribution is 5.50. The summed E-state index contributed by atoms with van der Waals surface area (Å²) >= 11 is 0. The second kappa shape index (κ2) is 5.92. The Morgan fingerprint density at radius 2 is 2.06 bits per heavy atom. The highest BCUT2D eigenvalue weighted by Gasteiger charge is 2.16. The van der Waals surface area contributed by atoms with Gasteiger partial charge in [-0.15, -0.1) is 0 Å². The molecule has 1 aromatic rings. The lowest BCUT2D eigenvalue weighted by molar-refractivity contribution is 0.351. The van der Waals surface area contributed by atoms with Crippen molar-refractivity contribution in [3.63, 3.8) is 0 Å². The third-order valence-corrected chi connectivity index (χ3v) is 3.17. The molecule has 0 saturated carbocycles. The van der Waals surface area contributed by atoms with Crippen LogP contribution in [0.3, 0.4) is 0 Å². The van der Waals surface area contributed by atoms with Gasteiger partial charge in [0.2, 0.25) is 0 Å². The molecule has 0 amide bonds. The summed E-state index contributed by atoms with van der Waals surface area (Å²) in [7, 11) is 3.79. The molecular weight excluding hydrogens is 212 g/mol. The molecule has 0 unspecified atom stereocenters. The van der Waals surface area contributed by atoms with Crippen LogP contribution >= 0.6 is 0 Å². The Labute approximate surface area is 105 Å². The van der Waals surface area contributed by atoms with Crippen molar-refractivity contribution in [3.8, 4) is 5.75 Å². The largest absolute Gasteiger partial charge is 0.497 e. The van der Waals surface area contributed by atoms with Gasteiger partial charge >= 0.3 is 0 Å². The molecule has 2 N–H and O–H groups in total. The number of nitrogens with two attached hydrogens (primary N) is 1. The van der Waals surface area contributed by atoms with Gasteiger partial charge in [0.1, 0.15) is 5.75 Å². The lowest BCUT2D eigenvalue weighted by Gasteiger charge is -2.27. The Kier molecular flexibility index (Phi) is 4.82. The number of hydrogen-bond acceptors (Lipinski definition) is 3. The molecule has 0 aliphatic heterocycles. The van der Waals surface area contributed by atoms with Crippen molar-refractivity contribution in [1.82, 2.24) is 0 Å². The number of hydrogen-bond donors (Lipinski definition) is 1. The van der Waals surface area contributed by atoms with Crippen molar-refractivity contribution in [3.05, 3.63) is 24.3 Å². The van der Waals surface area contributed by atoms with E-state index in [-0.39, 0.29) is 5.41 Å². The molecule has 3 heteroatoms. The van der Waals surface area contributed by atoms with Gasteiger partial charge in [0.25, 0.3) is 0 Å². The number of methoxy groups -OCH3 is 1. The molecule has 1 rings (SSSR count). The summed E-state index contributed by atoms with van der Waals surface area (Å²) < 4.78 is 5.22. The van der Waals surface area contributed by atoms with Crippen LogP contribution < -0.4 is 15.4 Å². The van der Waals surface area contributed by atoms with Crippen LogP contribution in [0, 0.1) is 5.41 Å². The van der Waals surface area contributed by atoms with E-state index in [1.807, 2.05) is 12.1 Å². The van der Waals surface area contributed by atoms with E-state index < -0.39 is 0 Å². The molecule has 0 saturated heterocycles. The molecule has 96 valence electrons. The Morgan fingerprint density at radius 3 is 2.65 bits per heavy atom. The fraction of sp³-hybridized carbons (Fsp3) is 0.571. The second-order valence-corrected chi connectivity index (χ2v) is 5.24. The molecule has 1 aromatic carbocycles. The van der Waals surface area contributed by atoms with Crippen LogP contribution in [0.25, 0.3) is 0 Å². The Morgan fingerprint density at radius 1 is 1.35 bits per heavy atom. The molecular formula is C14H24N2O. The highest BCUT2D eigenvalue weighted by Crippen LogP contribution is 2.23. The van der Waals surface area contributed by atoms with Gasteiger partial charge < -0.3 is 15.4 Å². The van der Waals surface area contributed by atoms with Crippen molar-refractivity contribution in [2.75, 3.05) is 32.1 Å². The summed E-state index contributed by atoms with van der Waals surface area (Å²) in [6.07, 6.45) is 1.08. The monoisotopic (exact) mass is 236 g/mol. The van der Waals surface area contributed by atoms with E-state index >= 15 is 0 Å². The zero-order valence-electron chi connectivity index (χ0n) is 11.4. The minimum atomic E-state index is 0.202. The maximum atomic E-state index is 5.74. The average molecular weight is 236 g/mol. The number of benzene rings is 1. The predicted octanol–water partition coefficient (Wildman–Crippen LogP) is 2.51. The van der Waals surface area contributed by atoms with E-state index in [0.717, 1.165) is 25.3 Å². The fourth-order valence-corrected chi connectivity index (χ4v) is 1.55. The summed E-state index contributed by atoms with van der Waals surface area (Å²) in [6, 6.07) is 8.12. The van der Waals surface area contributed by atoms with Crippen LogP contribution in [0.5, 0.6) is 5.75 Å². The van der Waals surface area contributed by atoms with Gasteiger partial charge in [-0.05, 0) is 30.5 Å². The van der Waals surface area contributed by atoms with Gasteiger partial charge in [-0.2, -0.15) is 0 Å². The quantitative estimate of drug-likeness (QED) is 0.824. The molecule has 17 heavy (non-hydrogen) atoms. The molecule has 0 heterocycles. The SMILES string of the molecule is COc1cccc(N(C)CCC(C)(C)CN)c1. The van der Waals surface area contributed by atoms with E-state index in [2.05, 4.69) is 37.9 Å². The van der Waals surface area contributed by atoms with Gasteiger partial charge in [0.05, 0.1) is 7.11 Å². The van der Waals surface area contributed by atoms with Crippen LogP contribution in [-0.4, -0.2) is 27.2 Å². The molecule has 0 fully saturated rings. The first-order valence-electron chi connectivity index (χ1n) is 6.04. The Hall–Kier alpha value is -1.22. The molecule has 0 spiro atoms. The smallest absolute Gasteiger partial charge is 0.120 e. The Balaban J connectivity index is 2.60. The molecule has 0 aliphatic carbocycles. The molecule has 0 aromatic heterocycles. The molecule has 0 radical (unpaired) electrons. The summed E-state index contributed by atoms with van der Waals surface area (Å²) in [6.45, 7) is 6.12. The van der Waals surface area contributed by atoms with E-state index in [1.54, 1.807) is 7.11 Å². The van der Waals surface area contributed by atoms with Crippen LogP contribution in [-0.2, 0) is 0 Å². The van der Waals surface area contributed by atoms with E-state index in [1.165, 1.54) is 5.69 Å². The first kappa shape index (κ1) is 13.8. The van der Waals surface area contributed by atoms with Crippen molar-refractivity contribution < 1.29 is 4.74 Å². The third kappa shape index (κ3) is 4.27. The lowest BCUT2D eigenvalue weighted by atomic mass is 9.89. The Bertz CT molecular complexity index is 350. The number of nitrogens with zero attached hydrogens (tertiary/aromatic N) is 1. The zero-order valence-corrected chi connectivity index (χ0v) is 11.4. The maximum absolute atomic E-state index is 5.74. The van der Waals surface area contributed by atoms with Gasteiger partial charge in [-0.1, -0.05) is 19.9 Å². The van der Waals surface area contributed by atoms with Crippen LogP contribution in [0.2, 0.25) is 0 Å². The molecule has 3 nitrogen and oxygen atoms in total. The summed E-state index contributed by atoms with van der Waals surface area (Å²) in [5.41, 5.74) is 7.12. The van der Waals surface area contributed by atoms with Gasteiger partial charge in [-0.3, -0.25) is 0 Å². The zero-order chi connectivity index (χ0) is 12.9. The molecule has 0 bridgehead atoms.